The zero-order valence-corrected chi connectivity index (χ0v) is 32.5. The average molecular weight is 793 g/mol. The van der Waals surface area contributed by atoms with E-state index in [9.17, 15) is 30.6 Å². The molecule has 55 heavy (non-hydrogen) atoms. The minimum absolute atomic E-state index is 0.0795. The molecule has 0 amide bonds. The largest absolute Gasteiger partial charge is 0.388 e. The summed E-state index contributed by atoms with van der Waals surface area (Å²) in [5.41, 5.74) is -0.546. The van der Waals surface area contributed by atoms with Gasteiger partial charge in [0, 0.05) is 26.4 Å². The molecule has 2 aromatic rings. The number of hydrogen-bond donors (Lipinski definition) is 6. The second kappa shape index (κ2) is 21.4. The fraction of sp³-hybridized carbons (Fsp3) is 0.882. The first kappa shape index (κ1) is 45.4. The number of rotatable bonds is 24. The number of aromatic nitrogens is 6. The fourth-order valence-corrected chi connectivity index (χ4v) is 5.87. The number of aliphatic hydroxyl groups excluding tert-OH is 6. The van der Waals surface area contributed by atoms with Gasteiger partial charge in [0.25, 0.3) is 0 Å². The predicted octanol–water partition coefficient (Wildman–Crippen LogP) is -2.10. The van der Waals surface area contributed by atoms with Gasteiger partial charge in [-0.15, -0.1) is 10.2 Å². The van der Waals surface area contributed by atoms with Gasteiger partial charge < -0.3 is 73.3 Å². The monoisotopic (exact) mass is 792 g/mol. The molecule has 0 saturated carbocycles. The molecule has 2 saturated heterocycles. The van der Waals surface area contributed by atoms with Crippen LogP contribution in [0.4, 0.5) is 0 Å². The highest BCUT2D eigenvalue weighted by Crippen LogP contribution is 2.29. The zero-order chi connectivity index (χ0) is 40.2. The van der Waals surface area contributed by atoms with E-state index in [0.29, 0.717) is 64.2 Å². The van der Waals surface area contributed by atoms with Gasteiger partial charge in [-0.2, -0.15) is 0 Å². The molecule has 0 bridgehead atoms. The Labute approximate surface area is 320 Å². The van der Waals surface area contributed by atoms with E-state index in [0.717, 1.165) is 0 Å². The predicted molar refractivity (Wildman–Crippen MR) is 187 cm³/mol. The van der Waals surface area contributed by atoms with Crippen LogP contribution in [0, 0.1) is 0 Å². The van der Waals surface area contributed by atoms with Crippen LogP contribution in [0.1, 0.15) is 52.9 Å². The molecule has 10 atom stereocenters. The molecule has 316 valence electrons. The lowest BCUT2D eigenvalue weighted by atomic mass is 9.97. The molecule has 4 unspecified atom stereocenters. The van der Waals surface area contributed by atoms with Crippen molar-refractivity contribution in [1.29, 1.82) is 0 Å². The Morgan fingerprint density at radius 2 is 0.909 bits per heavy atom. The molecular weight excluding hydrogens is 732 g/mol. The summed E-state index contributed by atoms with van der Waals surface area (Å²) in [5, 5.41) is 80.9. The van der Waals surface area contributed by atoms with Crippen molar-refractivity contribution in [2.45, 2.75) is 140 Å². The van der Waals surface area contributed by atoms with Gasteiger partial charge in [-0.1, -0.05) is 10.4 Å². The van der Waals surface area contributed by atoms with Crippen molar-refractivity contribution >= 4 is 0 Å². The maximum atomic E-state index is 10.8. The summed E-state index contributed by atoms with van der Waals surface area (Å²) in [6, 6.07) is 0. The van der Waals surface area contributed by atoms with E-state index in [-0.39, 0.29) is 26.3 Å². The quantitative estimate of drug-likeness (QED) is 0.0665. The highest BCUT2D eigenvalue weighted by molar-refractivity contribution is 4.96. The molecule has 0 spiro atoms. The molecule has 0 radical (unpaired) electrons. The van der Waals surface area contributed by atoms with Gasteiger partial charge >= 0.3 is 0 Å². The van der Waals surface area contributed by atoms with Gasteiger partial charge in [-0.25, -0.2) is 9.36 Å². The molecule has 0 aromatic carbocycles. The van der Waals surface area contributed by atoms with Crippen LogP contribution in [-0.2, 0) is 68.9 Å². The average Bonchev–Trinajstić information content (AvgIpc) is 3.84. The number of nitrogens with zero attached hydrogens (tertiary/aromatic N) is 6. The number of ether oxygens (including phenoxy) is 9. The summed E-state index contributed by atoms with van der Waals surface area (Å²) >= 11 is 0. The molecule has 21 nitrogen and oxygen atoms in total. The van der Waals surface area contributed by atoms with Crippen molar-refractivity contribution in [2.24, 2.45) is 0 Å². The SMILES string of the molecule is CCOCC(C)(COCC)OCc1cn(CC2O[C@H](O[C@H]3O[C@H](Cn4cc(COC(C)(COCC)COCC)nn4)[C@@H](O)C(O)C3O)C(O)[C@@H](O)[C@@H]2O)nn1. The van der Waals surface area contributed by atoms with Crippen molar-refractivity contribution in [3.63, 3.8) is 0 Å². The lowest BCUT2D eigenvalue weighted by Crippen LogP contribution is -2.63. The fourth-order valence-electron chi connectivity index (χ4n) is 5.87. The van der Waals surface area contributed by atoms with Crippen LogP contribution in [0.2, 0.25) is 0 Å². The van der Waals surface area contributed by atoms with E-state index in [1.807, 2.05) is 41.5 Å². The molecule has 2 aliphatic rings. The normalized spacial score (nSPS) is 29.2. The summed E-state index contributed by atoms with van der Waals surface area (Å²) in [5.74, 6) is 0. The highest BCUT2D eigenvalue weighted by Gasteiger charge is 2.50. The Kier molecular flexibility index (Phi) is 17.7. The third-order valence-electron chi connectivity index (χ3n) is 9.09. The van der Waals surface area contributed by atoms with Crippen LogP contribution in [0.3, 0.4) is 0 Å². The highest BCUT2D eigenvalue weighted by atomic mass is 16.8. The summed E-state index contributed by atoms with van der Waals surface area (Å²) in [7, 11) is 0. The van der Waals surface area contributed by atoms with Crippen LogP contribution in [-0.4, -0.2) is 186 Å². The first-order valence-electron chi connectivity index (χ1n) is 18.7. The lowest BCUT2D eigenvalue weighted by Gasteiger charge is -2.45. The van der Waals surface area contributed by atoms with Crippen LogP contribution in [0.15, 0.2) is 12.4 Å². The Bertz CT molecular complexity index is 1270. The molecular formula is C34H60N6O15. The molecule has 0 aliphatic carbocycles. The van der Waals surface area contributed by atoms with Crippen LogP contribution in [0.5, 0.6) is 0 Å². The molecule has 2 fully saturated rings. The lowest BCUT2D eigenvalue weighted by molar-refractivity contribution is -0.375. The minimum atomic E-state index is -1.79. The first-order valence-corrected chi connectivity index (χ1v) is 18.7. The summed E-state index contributed by atoms with van der Waals surface area (Å²) in [6.45, 7) is 14.4. The van der Waals surface area contributed by atoms with Gasteiger partial charge in [-0.3, -0.25) is 0 Å². The maximum absolute atomic E-state index is 10.8. The smallest absolute Gasteiger partial charge is 0.189 e. The Morgan fingerprint density at radius 1 is 0.564 bits per heavy atom. The minimum Gasteiger partial charge on any atom is -0.388 e. The summed E-state index contributed by atoms with van der Waals surface area (Å²) in [4.78, 5) is 0. The summed E-state index contributed by atoms with van der Waals surface area (Å²) < 4.78 is 54.5. The Balaban J connectivity index is 1.36. The van der Waals surface area contributed by atoms with Gasteiger partial charge in [-0.05, 0) is 41.5 Å². The molecule has 4 rings (SSSR count). The van der Waals surface area contributed by atoms with Crippen LogP contribution >= 0.6 is 0 Å². The standard InChI is InChI=1S/C34H60N6O15/c1-7-47-17-33(5,18-48-8-2)51-15-21-11-39(37-35-21)13-23-25(41)27(43)29(45)31(53-23)55-32-30(46)28(44)26(42)24(54-32)14-40-12-22(36-38-40)16-52-34(6,19-49-9-3)20-50-10-4/h11-12,23-32,41-46H,7-10,13-20H2,1-6H3/t23-,24?,25-,26-,27?,28+,29?,30?,31-,32-/m1/s1. The van der Waals surface area contributed by atoms with Crippen molar-refractivity contribution in [1.82, 2.24) is 30.0 Å². The van der Waals surface area contributed by atoms with Crippen molar-refractivity contribution in [2.75, 3.05) is 52.9 Å². The third kappa shape index (κ3) is 12.8. The third-order valence-corrected chi connectivity index (χ3v) is 9.09. The second-order valence-electron chi connectivity index (χ2n) is 14.1. The zero-order valence-electron chi connectivity index (χ0n) is 32.5. The molecule has 2 aromatic heterocycles. The van der Waals surface area contributed by atoms with E-state index in [1.165, 1.54) is 9.36 Å². The van der Waals surface area contributed by atoms with Crippen molar-refractivity contribution in [3.8, 4) is 0 Å². The van der Waals surface area contributed by atoms with E-state index in [4.69, 9.17) is 42.6 Å². The van der Waals surface area contributed by atoms with Crippen molar-refractivity contribution < 1.29 is 73.3 Å². The molecule has 6 N–H and O–H groups in total. The van der Waals surface area contributed by atoms with Crippen LogP contribution in [0.25, 0.3) is 0 Å². The van der Waals surface area contributed by atoms with E-state index >= 15 is 0 Å². The first-order chi connectivity index (χ1) is 26.2. The van der Waals surface area contributed by atoms with E-state index < -0.39 is 72.6 Å². The molecule has 4 heterocycles. The Morgan fingerprint density at radius 3 is 1.24 bits per heavy atom. The van der Waals surface area contributed by atoms with E-state index in [1.54, 1.807) is 12.4 Å². The Hall–Kier alpha value is -2.32. The van der Waals surface area contributed by atoms with Gasteiger partial charge in [0.15, 0.2) is 12.6 Å². The topological polar surface area (TPSA) is 266 Å². The van der Waals surface area contributed by atoms with E-state index in [2.05, 4.69) is 20.6 Å². The number of aliphatic hydroxyl groups is 6. The van der Waals surface area contributed by atoms with Gasteiger partial charge in [0.1, 0.15) is 71.4 Å². The number of hydrogen-bond acceptors (Lipinski definition) is 19. The van der Waals surface area contributed by atoms with Gasteiger partial charge in [0.2, 0.25) is 0 Å². The van der Waals surface area contributed by atoms with Gasteiger partial charge in [0.05, 0.1) is 65.1 Å². The maximum Gasteiger partial charge on any atom is 0.189 e. The molecule has 2 aliphatic heterocycles. The summed E-state index contributed by atoms with van der Waals surface area (Å²) in [6.07, 6.45) is -12.7. The molecule has 21 heteroatoms. The van der Waals surface area contributed by atoms with Crippen molar-refractivity contribution in [3.05, 3.63) is 23.8 Å². The van der Waals surface area contributed by atoms with Crippen LogP contribution < -0.4 is 0 Å². The second-order valence-corrected chi connectivity index (χ2v) is 14.1.